The predicted octanol–water partition coefficient (Wildman–Crippen LogP) is 4.56. The number of hydrogen-bond acceptors (Lipinski definition) is 6. The van der Waals surface area contributed by atoms with Crippen molar-refractivity contribution in [3.05, 3.63) is 100 Å². The topological polar surface area (TPSA) is 93.7 Å². The highest BCUT2D eigenvalue weighted by Crippen LogP contribution is 2.27. The number of carbonyl (C=O) groups excluding carboxylic acids is 1. The predicted molar refractivity (Wildman–Crippen MR) is 137 cm³/mol. The number of nitro benzene ring substituents is 1. The molecule has 10 heteroatoms. The Morgan fingerprint density at radius 1 is 0.973 bits per heavy atom. The molecule has 1 fully saturated rings. The van der Waals surface area contributed by atoms with Crippen molar-refractivity contribution in [3.8, 4) is 22.7 Å². The summed E-state index contributed by atoms with van der Waals surface area (Å²) >= 11 is 0. The maximum Gasteiger partial charge on any atom is 0.272 e. The van der Waals surface area contributed by atoms with Gasteiger partial charge in [0.05, 0.1) is 29.1 Å². The molecule has 0 atom stereocenters. The zero-order valence-electron chi connectivity index (χ0n) is 20.1. The highest BCUT2D eigenvalue weighted by molar-refractivity contribution is 5.94. The molecular weight excluding hydrogens is 477 g/mol. The Morgan fingerprint density at radius 2 is 1.70 bits per heavy atom. The first-order chi connectivity index (χ1) is 17.9. The van der Waals surface area contributed by atoms with E-state index in [0.717, 1.165) is 5.56 Å². The number of carbonyl (C=O) groups is 1. The number of amides is 1. The first kappa shape index (κ1) is 24.0. The largest absolute Gasteiger partial charge is 0.497 e. The lowest BCUT2D eigenvalue weighted by Gasteiger charge is -2.36. The van der Waals surface area contributed by atoms with E-state index in [2.05, 4.69) is 5.10 Å². The first-order valence-corrected chi connectivity index (χ1v) is 11.7. The van der Waals surface area contributed by atoms with Crippen molar-refractivity contribution in [1.29, 1.82) is 0 Å². The fraction of sp³-hybridized carbons (Fsp3) is 0.185. The summed E-state index contributed by atoms with van der Waals surface area (Å²) in [5, 5.41) is 16.0. The molecule has 1 saturated heterocycles. The third-order valence-electron chi connectivity index (χ3n) is 6.36. The van der Waals surface area contributed by atoms with E-state index in [1.807, 2.05) is 17.0 Å². The quantitative estimate of drug-likeness (QED) is 0.284. The van der Waals surface area contributed by atoms with Gasteiger partial charge in [0.1, 0.15) is 17.3 Å². The van der Waals surface area contributed by atoms with Gasteiger partial charge in [-0.05, 0) is 48.5 Å². The van der Waals surface area contributed by atoms with Gasteiger partial charge in [-0.2, -0.15) is 5.10 Å². The highest BCUT2D eigenvalue weighted by atomic mass is 19.1. The number of methoxy groups -OCH3 is 1. The molecule has 0 saturated carbocycles. The van der Waals surface area contributed by atoms with E-state index in [1.165, 1.54) is 22.9 Å². The van der Waals surface area contributed by atoms with E-state index in [0.29, 0.717) is 49.0 Å². The molecule has 5 rings (SSSR count). The molecule has 4 aromatic rings. The third-order valence-corrected chi connectivity index (χ3v) is 6.36. The summed E-state index contributed by atoms with van der Waals surface area (Å²) in [6.45, 7) is 1.74. The molecule has 1 aliphatic heterocycles. The van der Waals surface area contributed by atoms with E-state index < -0.39 is 4.92 Å². The number of para-hydroxylation sites is 1. The summed E-state index contributed by atoms with van der Waals surface area (Å²) in [4.78, 5) is 28.2. The minimum absolute atomic E-state index is 0.101. The van der Waals surface area contributed by atoms with E-state index in [9.17, 15) is 19.3 Å². The average Bonchev–Trinajstić information content (AvgIpc) is 3.39. The van der Waals surface area contributed by atoms with Crippen LogP contribution in [0, 0.1) is 15.9 Å². The molecule has 0 bridgehead atoms. The lowest BCUT2D eigenvalue weighted by Crippen LogP contribution is -2.49. The molecule has 1 aliphatic rings. The highest BCUT2D eigenvalue weighted by Gasteiger charge is 2.27. The summed E-state index contributed by atoms with van der Waals surface area (Å²) in [7, 11) is 1.58. The molecule has 1 amide bonds. The number of anilines is 1. The normalized spacial score (nSPS) is 13.5. The molecule has 0 radical (unpaired) electrons. The van der Waals surface area contributed by atoms with Gasteiger partial charge in [0.15, 0.2) is 0 Å². The van der Waals surface area contributed by atoms with Crippen LogP contribution < -0.4 is 9.64 Å². The number of nitro groups is 1. The monoisotopic (exact) mass is 501 g/mol. The van der Waals surface area contributed by atoms with Gasteiger partial charge in [-0.1, -0.05) is 18.2 Å². The Bertz CT molecular complexity index is 1450. The van der Waals surface area contributed by atoms with E-state index in [4.69, 9.17) is 4.74 Å². The maximum atomic E-state index is 14.2. The minimum Gasteiger partial charge on any atom is -0.497 e. The van der Waals surface area contributed by atoms with Gasteiger partial charge < -0.3 is 14.5 Å². The van der Waals surface area contributed by atoms with Crippen molar-refractivity contribution < 1.29 is 18.8 Å². The number of benzene rings is 3. The van der Waals surface area contributed by atoms with Crippen molar-refractivity contribution in [1.82, 2.24) is 14.7 Å². The fourth-order valence-electron chi connectivity index (χ4n) is 4.39. The molecule has 9 nitrogen and oxygen atoms in total. The van der Waals surface area contributed by atoms with E-state index in [-0.39, 0.29) is 23.1 Å². The number of piperazine rings is 1. The summed E-state index contributed by atoms with van der Waals surface area (Å²) < 4.78 is 20.9. The molecule has 3 aromatic carbocycles. The standard InChI is InChI=1S/C27H24FN5O4/c1-37-22-11-9-19(10-12-22)24-18-26(32(29-24)20-5-4-6-21(17-20)33(35)36)27(34)31-15-13-30(14-16-31)25-8-3-2-7-23(25)28/h2-12,17-18H,13-16H2,1H3. The van der Waals surface area contributed by atoms with E-state index in [1.54, 1.807) is 60.5 Å². The smallest absolute Gasteiger partial charge is 0.272 e. The van der Waals surface area contributed by atoms with Crippen LogP contribution in [0.15, 0.2) is 78.9 Å². The SMILES string of the molecule is COc1ccc(-c2cc(C(=O)N3CCN(c4ccccc4F)CC3)n(-c3cccc([N+](=O)[O-])c3)n2)cc1. The van der Waals surface area contributed by atoms with Gasteiger partial charge in [-0.15, -0.1) is 0 Å². The lowest BCUT2D eigenvalue weighted by molar-refractivity contribution is -0.384. The second-order valence-electron chi connectivity index (χ2n) is 8.56. The van der Waals surface area contributed by atoms with Crippen molar-refractivity contribution in [2.24, 2.45) is 0 Å². The second kappa shape index (κ2) is 10.1. The number of hydrogen-bond donors (Lipinski definition) is 0. The molecule has 0 N–H and O–H groups in total. The summed E-state index contributed by atoms with van der Waals surface area (Å²) in [5.41, 5.74) is 2.41. The zero-order chi connectivity index (χ0) is 25.9. The number of non-ortho nitro benzene ring substituents is 1. The maximum absolute atomic E-state index is 14.2. The number of ether oxygens (including phenoxy) is 1. The van der Waals surface area contributed by atoms with Crippen LogP contribution in [-0.2, 0) is 0 Å². The fourth-order valence-corrected chi connectivity index (χ4v) is 4.39. The van der Waals surface area contributed by atoms with Crippen LogP contribution in [0.3, 0.4) is 0 Å². The zero-order valence-corrected chi connectivity index (χ0v) is 20.1. The van der Waals surface area contributed by atoms with Gasteiger partial charge in [-0.3, -0.25) is 14.9 Å². The van der Waals surface area contributed by atoms with Gasteiger partial charge in [0.2, 0.25) is 0 Å². The van der Waals surface area contributed by atoms with Crippen LogP contribution in [0.2, 0.25) is 0 Å². The first-order valence-electron chi connectivity index (χ1n) is 11.7. The summed E-state index contributed by atoms with van der Waals surface area (Å²) in [5.74, 6) is 0.132. The minimum atomic E-state index is -0.485. The van der Waals surface area contributed by atoms with Crippen LogP contribution in [-0.4, -0.2) is 58.8 Å². The number of aromatic nitrogens is 2. The summed E-state index contributed by atoms with van der Waals surface area (Å²) in [6, 6.07) is 21.5. The molecular formula is C27H24FN5O4. The Kier molecular flexibility index (Phi) is 6.55. The lowest BCUT2D eigenvalue weighted by atomic mass is 10.1. The van der Waals surface area contributed by atoms with Crippen molar-refractivity contribution in [2.45, 2.75) is 0 Å². The molecule has 0 unspecified atom stereocenters. The van der Waals surface area contributed by atoms with Gasteiger partial charge in [0, 0.05) is 43.9 Å². The molecule has 0 spiro atoms. The van der Waals surface area contributed by atoms with E-state index >= 15 is 0 Å². The van der Waals surface area contributed by atoms with Crippen molar-refractivity contribution >= 4 is 17.3 Å². The Morgan fingerprint density at radius 3 is 2.38 bits per heavy atom. The Labute approximate surface area is 212 Å². The van der Waals surface area contributed by atoms with Crippen LogP contribution in [0.25, 0.3) is 16.9 Å². The van der Waals surface area contributed by atoms with Gasteiger partial charge >= 0.3 is 0 Å². The van der Waals surface area contributed by atoms with Crippen LogP contribution in [0.1, 0.15) is 10.5 Å². The number of nitrogens with zero attached hydrogens (tertiary/aromatic N) is 5. The molecule has 2 heterocycles. The average molecular weight is 502 g/mol. The van der Waals surface area contributed by atoms with Gasteiger partial charge in [-0.25, -0.2) is 9.07 Å². The molecule has 1 aromatic heterocycles. The Hall–Kier alpha value is -4.73. The van der Waals surface area contributed by atoms with Crippen LogP contribution in [0.5, 0.6) is 5.75 Å². The Balaban J connectivity index is 1.47. The molecule has 37 heavy (non-hydrogen) atoms. The van der Waals surface area contributed by atoms with Crippen molar-refractivity contribution in [2.75, 3.05) is 38.2 Å². The number of rotatable bonds is 6. The summed E-state index contributed by atoms with van der Waals surface area (Å²) in [6.07, 6.45) is 0. The van der Waals surface area contributed by atoms with Crippen molar-refractivity contribution in [3.63, 3.8) is 0 Å². The molecule has 0 aliphatic carbocycles. The second-order valence-corrected chi connectivity index (χ2v) is 8.56. The molecule has 188 valence electrons. The third kappa shape index (κ3) is 4.86. The number of halogens is 1. The van der Waals surface area contributed by atoms with Gasteiger partial charge in [0.25, 0.3) is 11.6 Å². The van der Waals surface area contributed by atoms with Crippen LogP contribution >= 0.6 is 0 Å². The van der Waals surface area contributed by atoms with Crippen LogP contribution in [0.4, 0.5) is 15.8 Å².